The second kappa shape index (κ2) is 9.34. The molecule has 0 bridgehead atoms. The molecule has 1 amide bonds. The number of ether oxygens (including phenoxy) is 2. The van der Waals surface area contributed by atoms with Gasteiger partial charge in [-0.2, -0.15) is 0 Å². The van der Waals surface area contributed by atoms with Crippen molar-refractivity contribution in [2.45, 2.75) is 45.1 Å². The van der Waals surface area contributed by atoms with E-state index in [1.807, 2.05) is 0 Å². The van der Waals surface area contributed by atoms with Gasteiger partial charge < -0.3 is 19.2 Å². The Morgan fingerprint density at radius 3 is 2.84 bits per heavy atom. The summed E-state index contributed by atoms with van der Waals surface area (Å²) in [5.41, 5.74) is 0.716. The van der Waals surface area contributed by atoms with Crippen LogP contribution in [-0.4, -0.2) is 61.5 Å². The van der Waals surface area contributed by atoms with E-state index in [1.54, 1.807) is 24.0 Å². The van der Waals surface area contributed by atoms with Gasteiger partial charge in [0.25, 0.3) is 0 Å². The minimum absolute atomic E-state index is 0.0569. The highest BCUT2D eigenvalue weighted by molar-refractivity contribution is 6.01. The molecule has 3 aliphatic heterocycles. The number of hydrogen-bond acceptors (Lipinski definition) is 6. The number of halogens is 1. The Labute approximate surface area is 181 Å². The fraction of sp³-hybridized carbons (Fsp3) is 0.609. The summed E-state index contributed by atoms with van der Waals surface area (Å²) in [5.74, 6) is -0.662. The first-order chi connectivity index (χ1) is 15.0. The predicted octanol–water partition coefficient (Wildman–Crippen LogP) is 2.92. The van der Waals surface area contributed by atoms with E-state index in [9.17, 15) is 14.0 Å². The molecule has 0 saturated carbocycles. The number of benzene rings is 1. The molecule has 0 aliphatic carbocycles. The van der Waals surface area contributed by atoms with Gasteiger partial charge in [-0.25, -0.2) is 4.39 Å². The molecular formula is C23H29FN2O5. The first-order valence-electron chi connectivity index (χ1n) is 11.0. The van der Waals surface area contributed by atoms with Crippen molar-refractivity contribution in [3.63, 3.8) is 0 Å². The SMILES string of the molecule is CCOC(=O)[C@@]1(C[C@@H]2CC(c3ccc(F)cc3)=NO2)CCCN(C(=O)[C@H]2CCOC2)C1. The van der Waals surface area contributed by atoms with E-state index in [0.29, 0.717) is 45.6 Å². The van der Waals surface area contributed by atoms with Crippen LogP contribution in [0.5, 0.6) is 0 Å². The second-order valence-electron chi connectivity index (χ2n) is 8.61. The number of likely N-dealkylation sites (tertiary alicyclic amines) is 1. The van der Waals surface area contributed by atoms with Gasteiger partial charge in [0.05, 0.1) is 30.3 Å². The number of amides is 1. The first-order valence-corrected chi connectivity index (χ1v) is 11.0. The third-order valence-electron chi connectivity index (χ3n) is 6.40. The molecule has 0 aromatic heterocycles. The maximum absolute atomic E-state index is 13.2. The monoisotopic (exact) mass is 432 g/mol. The quantitative estimate of drug-likeness (QED) is 0.646. The van der Waals surface area contributed by atoms with E-state index in [-0.39, 0.29) is 36.3 Å². The van der Waals surface area contributed by atoms with Crippen LogP contribution in [0.2, 0.25) is 0 Å². The van der Waals surface area contributed by atoms with Gasteiger partial charge >= 0.3 is 5.97 Å². The van der Waals surface area contributed by atoms with Crippen molar-refractivity contribution in [1.82, 2.24) is 4.90 Å². The summed E-state index contributed by atoms with van der Waals surface area (Å²) in [5, 5.41) is 4.18. The number of esters is 1. The van der Waals surface area contributed by atoms with Crippen LogP contribution in [0.25, 0.3) is 0 Å². The number of oxime groups is 1. The first kappa shape index (κ1) is 21.7. The van der Waals surface area contributed by atoms with Gasteiger partial charge in [-0.3, -0.25) is 9.59 Å². The highest BCUT2D eigenvalue weighted by atomic mass is 19.1. The molecular weight excluding hydrogens is 403 g/mol. The Bertz CT molecular complexity index is 837. The number of carbonyl (C=O) groups excluding carboxylic acids is 2. The summed E-state index contributed by atoms with van der Waals surface area (Å²) in [6.45, 7) is 4.09. The predicted molar refractivity (Wildman–Crippen MR) is 111 cm³/mol. The zero-order chi connectivity index (χ0) is 21.8. The Morgan fingerprint density at radius 1 is 1.32 bits per heavy atom. The van der Waals surface area contributed by atoms with E-state index in [2.05, 4.69) is 5.16 Å². The minimum atomic E-state index is -0.818. The molecule has 0 spiro atoms. The molecule has 3 atom stereocenters. The number of hydrogen-bond donors (Lipinski definition) is 0. The Balaban J connectivity index is 1.47. The molecule has 3 heterocycles. The van der Waals surface area contributed by atoms with Gasteiger partial charge in [0.15, 0.2) is 0 Å². The van der Waals surface area contributed by atoms with Crippen LogP contribution in [-0.2, 0) is 23.9 Å². The minimum Gasteiger partial charge on any atom is -0.466 e. The molecule has 0 N–H and O–H groups in total. The number of nitrogens with zero attached hydrogens (tertiary/aromatic N) is 2. The Hall–Kier alpha value is -2.48. The van der Waals surface area contributed by atoms with E-state index < -0.39 is 5.41 Å². The molecule has 3 aliphatic rings. The van der Waals surface area contributed by atoms with Gasteiger partial charge in [-0.05, 0) is 43.9 Å². The number of rotatable bonds is 6. The van der Waals surface area contributed by atoms with Gasteiger partial charge in [0, 0.05) is 32.5 Å². The topological polar surface area (TPSA) is 77.4 Å². The van der Waals surface area contributed by atoms with Crippen molar-refractivity contribution in [2.75, 3.05) is 32.9 Å². The normalized spacial score (nSPS) is 28.2. The van der Waals surface area contributed by atoms with Crippen molar-refractivity contribution in [2.24, 2.45) is 16.5 Å². The second-order valence-corrected chi connectivity index (χ2v) is 8.61. The van der Waals surface area contributed by atoms with Crippen molar-refractivity contribution in [3.8, 4) is 0 Å². The smallest absolute Gasteiger partial charge is 0.314 e. The molecule has 2 saturated heterocycles. The molecule has 4 rings (SSSR count). The molecule has 1 aromatic rings. The summed E-state index contributed by atoms with van der Waals surface area (Å²) < 4.78 is 24.0. The van der Waals surface area contributed by atoms with Crippen LogP contribution in [0.1, 0.15) is 44.6 Å². The van der Waals surface area contributed by atoms with Crippen molar-refractivity contribution < 1.29 is 28.3 Å². The van der Waals surface area contributed by atoms with E-state index in [0.717, 1.165) is 24.1 Å². The zero-order valence-electron chi connectivity index (χ0n) is 17.8. The van der Waals surface area contributed by atoms with Crippen LogP contribution < -0.4 is 0 Å². The van der Waals surface area contributed by atoms with Gasteiger partial charge in [-0.15, -0.1) is 0 Å². The summed E-state index contributed by atoms with van der Waals surface area (Å²) in [7, 11) is 0. The summed E-state index contributed by atoms with van der Waals surface area (Å²) in [4.78, 5) is 33.5. The van der Waals surface area contributed by atoms with Crippen molar-refractivity contribution >= 4 is 17.6 Å². The van der Waals surface area contributed by atoms with Crippen LogP contribution in [0.4, 0.5) is 4.39 Å². The van der Waals surface area contributed by atoms with Crippen molar-refractivity contribution in [1.29, 1.82) is 0 Å². The van der Waals surface area contributed by atoms with Crippen LogP contribution in [0.3, 0.4) is 0 Å². The Kier molecular flexibility index (Phi) is 6.55. The average Bonchev–Trinajstić information content (AvgIpc) is 3.47. The standard InChI is InChI=1S/C23H29FN2O5/c1-2-30-22(28)23(9-3-10-26(15-23)21(27)17-8-11-29-14-17)13-19-12-20(25-31-19)16-4-6-18(24)7-5-16/h4-7,17,19H,2-3,8-15H2,1H3/t17-,19-,23+/m0/s1. The zero-order valence-corrected chi connectivity index (χ0v) is 17.8. The lowest BCUT2D eigenvalue weighted by Crippen LogP contribution is -2.53. The van der Waals surface area contributed by atoms with Crippen molar-refractivity contribution in [3.05, 3.63) is 35.6 Å². The highest BCUT2D eigenvalue weighted by Gasteiger charge is 2.48. The maximum atomic E-state index is 13.2. The van der Waals surface area contributed by atoms with Gasteiger partial charge in [-0.1, -0.05) is 17.3 Å². The molecule has 0 unspecified atom stereocenters. The van der Waals surface area contributed by atoms with Crippen LogP contribution in [0.15, 0.2) is 29.4 Å². The molecule has 0 radical (unpaired) electrons. The lowest BCUT2D eigenvalue weighted by atomic mass is 9.74. The lowest BCUT2D eigenvalue weighted by Gasteiger charge is -2.42. The number of piperidine rings is 1. The largest absolute Gasteiger partial charge is 0.466 e. The molecule has 7 nitrogen and oxygen atoms in total. The third kappa shape index (κ3) is 4.74. The van der Waals surface area contributed by atoms with E-state index in [1.165, 1.54) is 12.1 Å². The van der Waals surface area contributed by atoms with E-state index in [4.69, 9.17) is 14.3 Å². The Morgan fingerprint density at radius 2 is 2.13 bits per heavy atom. The summed E-state index contributed by atoms with van der Waals surface area (Å²) in [6, 6.07) is 6.13. The number of carbonyl (C=O) groups is 2. The van der Waals surface area contributed by atoms with Crippen LogP contribution >= 0.6 is 0 Å². The molecule has 168 valence electrons. The highest BCUT2D eigenvalue weighted by Crippen LogP contribution is 2.39. The molecule has 1 aromatic carbocycles. The summed E-state index contributed by atoms with van der Waals surface area (Å²) >= 11 is 0. The lowest BCUT2D eigenvalue weighted by molar-refractivity contribution is -0.164. The van der Waals surface area contributed by atoms with Gasteiger partial charge in [0.1, 0.15) is 11.9 Å². The van der Waals surface area contributed by atoms with Gasteiger partial charge in [0.2, 0.25) is 5.91 Å². The molecule has 2 fully saturated rings. The average molecular weight is 432 g/mol. The maximum Gasteiger partial charge on any atom is 0.314 e. The fourth-order valence-electron chi connectivity index (χ4n) is 4.79. The molecule has 31 heavy (non-hydrogen) atoms. The van der Waals surface area contributed by atoms with Crippen LogP contribution in [0, 0.1) is 17.2 Å². The third-order valence-corrected chi connectivity index (χ3v) is 6.40. The summed E-state index contributed by atoms with van der Waals surface area (Å²) in [6.07, 6.45) is 2.75. The van der Waals surface area contributed by atoms with E-state index >= 15 is 0 Å². The molecule has 8 heteroatoms. The fourth-order valence-corrected chi connectivity index (χ4v) is 4.79.